The lowest BCUT2D eigenvalue weighted by atomic mass is 10.1. The summed E-state index contributed by atoms with van der Waals surface area (Å²) in [7, 11) is 0. The Bertz CT molecular complexity index is 1060. The van der Waals surface area contributed by atoms with Crippen LogP contribution in [0.25, 0.3) is 10.2 Å². The van der Waals surface area contributed by atoms with Gasteiger partial charge in [-0.15, -0.1) is 11.3 Å². The van der Waals surface area contributed by atoms with Crippen molar-refractivity contribution in [3.05, 3.63) is 46.6 Å². The van der Waals surface area contributed by atoms with Crippen LogP contribution in [0.15, 0.2) is 30.5 Å². The van der Waals surface area contributed by atoms with E-state index in [4.69, 9.17) is 4.74 Å². The molecule has 1 N–H and O–H groups in total. The molecule has 3 aromatic heterocycles. The number of aromatic nitrogens is 2. The second-order valence-electron chi connectivity index (χ2n) is 6.53. The van der Waals surface area contributed by atoms with Gasteiger partial charge in [0.25, 0.3) is 5.91 Å². The topological polar surface area (TPSA) is 67.4 Å². The van der Waals surface area contributed by atoms with E-state index in [0.717, 1.165) is 17.4 Å². The van der Waals surface area contributed by atoms with Gasteiger partial charge in [-0.2, -0.15) is 13.2 Å². The molecule has 4 rings (SSSR count). The van der Waals surface area contributed by atoms with Gasteiger partial charge in [-0.3, -0.25) is 4.79 Å². The van der Waals surface area contributed by atoms with E-state index in [1.54, 1.807) is 25.3 Å². The number of carbonyl (C=O) groups is 1. The smallest absolute Gasteiger partial charge is 0.378 e. The van der Waals surface area contributed by atoms with Crippen LogP contribution >= 0.6 is 11.3 Å². The van der Waals surface area contributed by atoms with Crippen LogP contribution in [0.3, 0.4) is 0 Å². The number of hydrogen-bond donors (Lipinski definition) is 1. The van der Waals surface area contributed by atoms with Crippen LogP contribution in [0, 0.1) is 6.92 Å². The number of nitrogens with zero attached hydrogens (tertiary/aromatic N) is 3. The maximum atomic E-state index is 12.9. The maximum Gasteiger partial charge on any atom is 0.433 e. The van der Waals surface area contributed by atoms with Gasteiger partial charge in [0.05, 0.1) is 23.8 Å². The Kier molecular flexibility index (Phi) is 5.13. The van der Waals surface area contributed by atoms with Gasteiger partial charge in [0.1, 0.15) is 10.5 Å². The first-order chi connectivity index (χ1) is 13.8. The molecule has 0 saturated carbocycles. The predicted molar refractivity (Wildman–Crippen MR) is 105 cm³/mol. The van der Waals surface area contributed by atoms with Gasteiger partial charge in [-0.1, -0.05) is 0 Å². The highest BCUT2D eigenvalue weighted by Gasteiger charge is 2.33. The molecular formula is C19H17F3N4O2S. The number of amides is 1. The Morgan fingerprint density at radius 3 is 2.72 bits per heavy atom. The number of alkyl halides is 3. The van der Waals surface area contributed by atoms with Crippen LogP contribution in [0.1, 0.15) is 20.9 Å². The normalized spacial score (nSPS) is 15.0. The van der Waals surface area contributed by atoms with E-state index in [0.29, 0.717) is 53.6 Å². The summed E-state index contributed by atoms with van der Waals surface area (Å²) in [4.78, 5) is 23.5. The Morgan fingerprint density at radius 1 is 1.24 bits per heavy atom. The van der Waals surface area contributed by atoms with E-state index >= 15 is 0 Å². The molecule has 0 radical (unpaired) electrons. The zero-order chi connectivity index (χ0) is 20.6. The number of thiophene rings is 1. The summed E-state index contributed by atoms with van der Waals surface area (Å²) in [6.07, 6.45) is -2.88. The standard InChI is InChI=1S/C19H17F3N4O2S/c1-11-12-4-5-14(19(20,21)22)25-18(12)29-15(11)17(27)24-13-3-2-6-23-16(13)26-7-9-28-10-8-26/h2-6H,7-10H2,1H3,(H,24,27). The molecular weight excluding hydrogens is 405 g/mol. The zero-order valence-electron chi connectivity index (χ0n) is 15.4. The fraction of sp³-hybridized carbons (Fsp3) is 0.316. The second-order valence-corrected chi connectivity index (χ2v) is 7.53. The second kappa shape index (κ2) is 7.60. The number of ether oxygens (including phenoxy) is 1. The van der Waals surface area contributed by atoms with E-state index in [1.165, 1.54) is 6.07 Å². The van der Waals surface area contributed by atoms with Crippen molar-refractivity contribution in [1.29, 1.82) is 0 Å². The largest absolute Gasteiger partial charge is 0.433 e. The first-order valence-corrected chi connectivity index (χ1v) is 9.72. The number of morpholine rings is 1. The van der Waals surface area contributed by atoms with Crippen molar-refractivity contribution in [2.75, 3.05) is 36.5 Å². The highest BCUT2D eigenvalue weighted by atomic mass is 32.1. The molecule has 29 heavy (non-hydrogen) atoms. The van der Waals surface area contributed by atoms with Crippen LogP contribution in [0.5, 0.6) is 0 Å². The Morgan fingerprint density at radius 2 is 2.00 bits per heavy atom. The number of carbonyl (C=O) groups excluding carboxylic acids is 1. The van der Waals surface area contributed by atoms with Crippen molar-refractivity contribution >= 4 is 39.0 Å². The Balaban J connectivity index is 1.64. The molecule has 0 aromatic carbocycles. The highest BCUT2D eigenvalue weighted by Crippen LogP contribution is 2.35. The third kappa shape index (κ3) is 3.90. The number of pyridine rings is 2. The van der Waals surface area contributed by atoms with E-state index in [2.05, 4.69) is 15.3 Å². The maximum absolute atomic E-state index is 12.9. The van der Waals surface area contributed by atoms with E-state index in [1.807, 2.05) is 4.90 Å². The lowest BCUT2D eigenvalue weighted by molar-refractivity contribution is -0.140. The number of anilines is 2. The summed E-state index contributed by atoms with van der Waals surface area (Å²) in [6, 6.07) is 5.76. The minimum atomic E-state index is -4.53. The summed E-state index contributed by atoms with van der Waals surface area (Å²) in [5, 5.41) is 3.38. The summed E-state index contributed by atoms with van der Waals surface area (Å²) >= 11 is 0.946. The third-order valence-corrected chi connectivity index (χ3v) is 5.85. The van der Waals surface area contributed by atoms with Crippen LogP contribution in [-0.4, -0.2) is 42.2 Å². The number of nitrogens with one attached hydrogen (secondary N) is 1. The van der Waals surface area contributed by atoms with E-state index < -0.39 is 17.8 Å². The summed E-state index contributed by atoms with van der Waals surface area (Å²) in [6.45, 7) is 4.17. The molecule has 0 spiro atoms. The van der Waals surface area contributed by atoms with Crippen molar-refractivity contribution in [1.82, 2.24) is 9.97 Å². The van der Waals surface area contributed by atoms with Gasteiger partial charge >= 0.3 is 6.18 Å². The van der Waals surface area contributed by atoms with Gasteiger partial charge in [-0.05, 0) is 36.8 Å². The van der Waals surface area contributed by atoms with Gasteiger partial charge in [0, 0.05) is 24.7 Å². The Labute approximate surface area is 168 Å². The monoisotopic (exact) mass is 422 g/mol. The van der Waals surface area contributed by atoms with Crippen LogP contribution < -0.4 is 10.2 Å². The molecule has 10 heteroatoms. The van der Waals surface area contributed by atoms with Gasteiger partial charge in [-0.25, -0.2) is 9.97 Å². The first kappa shape index (κ1) is 19.6. The minimum absolute atomic E-state index is 0.182. The molecule has 1 amide bonds. The molecule has 1 saturated heterocycles. The quantitative estimate of drug-likeness (QED) is 0.688. The van der Waals surface area contributed by atoms with Gasteiger partial charge in [0.15, 0.2) is 5.82 Å². The molecule has 1 aliphatic heterocycles. The molecule has 152 valence electrons. The third-order valence-electron chi connectivity index (χ3n) is 4.65. The van der Waals surface area contributed by atoms with Gasteiger partial charge < -0.3 is 15.0 Å². The average Bonchev–Trinajstić information content (AvgIpc) is 3.05. The highest BCUT2D eigenvalue weighted by molar-refractivity contribution is 7.20. The summed E-state index contributed by atoms with van der Waals surface area (Å²) in [5.41, 5.74) is 0.167. The Hall–Kier alpha value is -2.72. The molecule has 0 unspecified atom stereocenters. The SMILES string of the molecule is Cc1c(C(=O)Nc2cccnc2N2CCOCC2)sc2nc(C(F)(F)F)ccc12. The fourth-order valence-corrected chi connectivity index (χ4v) is 4.25. The van der Waals surface area contributed by atoms with Crippen molar-refractivity contribution < 1.29 is 22.7 Å². The van der Waals surface area contributed by atoms with Crippen molar-refractivity contribution in [3.8, 4) is 0 Å². The van der Waals surface area contributed by atoms with E-state index in [-0.39, 0.29) is 4.83 Å². The van der Waals surface area contributed by atoms with Crippen molar-refractivity contribution in [2.24, 2.45) is 0 Å². The summed E-state index contributed by atoms with van der Waals surface area (Å²) in [5.74, 6) is 0.238. The van der Waals surface area contributed by atoms with Crippen molar-refractivity contribution in [2.45, 2.75) is 13.1 Å². The zero-order valence-corrected chi connectivity index (χ0v) is 16.2. The van der Waals surface area contributed by atoms with Crippen molar-refractivity contribution in [3.63, 3.8) is 0 Å². The molecule has 3 aromatic rings. The number of rotatable bonds is 3. The van der Waals surface area contributed by atoms with Gasteiger partial charge in [0.2, 0.25) is 0 Å². The molecule has 1 aliphatic rings. The molecule has 0 atom stereocenters. The fourth-order valence-electron chi connectivity index (χ4n) is 3.17. The number of hydrogen-bond acceptors (Lipinski definition) is 6. The summed E-state index contributed by atoms with van der Waals surface area (Å²) < 4.78 is 44.2. The molecule has 1 fully saturated rings. The first-order valence-electron chi connectivity index (χ1n) is 8.91. The van der Waals surface area contributed by atoms with E-state index in [9.17, 15) is 18.0 Å². The number of aryl methyl sites for hydroxylation is 1. The number of halogens is 3. The predicted octanol–water partition coefficient (Wildman–Crippen LogP) is 4.11. The van der Waals surface area contributed by atoms with Crippen LogP contribution in [0.2, 0.25) is 0 Å². The lowest BCUT2D eigenvalue weighted by Crippen LogP contribution is -2.37. The molecule has 0 aliphatic carbocycles. The minimum Gasteiger partial charge on any atom is -0.378 e. The average molecular weight is 422 g/mol. The molecule has 0 bridgehead atoms. The molecule has 4 heterocycles. The van der Waals surface area contributed by atoms with Crippen LogP contribution in [-0.2, 0) is 10.9 Å². The number of fused-ring (bicyclic) bond motifs is 1. The molecule has 6 nitrogen and oxygen atoms in total. The lowest BCUT2D eigenvalue weighted by Gasteiger charge is -2.29. The van der Waals surface area contributed by atoms with Crippen LogP contribution in [0.4, 0.5) is 24.7 Å².